The van der Waals surface area contributed by atoms with Crippen LogP contribution in [0.3, 0.4) is 0 Å². The van der Waals surface area contributed by atoms with Crippen molar-refractivity contribution in [2.45, 2.75) is 13.0 Å². The van der Waals surface area contributed by atoms with Gasteiger partial charge >= 0.3 is 0 Å². The van der Waals surface area contributed by atoms with Gasteiger partial charge in [-0.2, -0.15) is 0 Å². The molecule has 0 aromatic heterocycles. The van der Waals surface area contributed by atoms with E-state index in [1.807, 2.05) is 67.6 Å². The number of rotatable bonds is 6. The van der Waals surface area contributed by atoms with Crippen LogP contribution in [0.5, 0.6) is 11.5 Å². The molecule has 0 saturated heterocycles. The summed E-state index contributed by atoms with van der Waals surface area (Å²) in [4.78, 5) is 12.3. The zero-order valence-corrected chi connectivity index (χ0v) is 16.2. The van der Waals surface area contributed by atoms with Crippen molar-refractivity contribution in [2.75, 3.05) is 13.7 Å². The molecular weight excluding hydrogens is 394 g/mol. The van der Waals surface area contributed by atoms with Gasteiger partial charge in [0.15, 0.2) is 6.61 Å². The van der Waals surface area contributed by atoms with E-state index in [0.29, 0.717) is 5.75 Å². The molecule has 0 aliphatic heterocycles. The molecule has 0 bridgehead atoms. The summed E-state index contributed by atoms with van der Waals surface area (Å²) in [7, 11) is 1.62. The van der Waals surface area contributed by atoms with Crippen LogP contribution in [0.1, 0.15) is 18.5 Å². The number of para-hydroxylation sites is 1. The van der Waals surface area contributed by atoms with Gasteiger partial charge < -0.3 is 14.8 Å². The van der Waals surface area contributed by atoms with Gasteiger partial charge in [0.05, 0.1) is 17.6 Å². The first-order valence-corrected chi connectivity index (χ1v) is 9.11. The Bertz CT molecular complexity index is 926. The van der Waals surface area contributed by atoms with Crippen molar-refractivity contribution in [1.82, 2.24) is 5.32 Å². The number of carbonyl (C=O) groups is 1. The normalized spacial score (nSPS) is 11.8. The maximum absolute atomic E-state index is 12.3. The number of amides is 1. The molecule has 3 aromatic rings. The Morgan fingerprint density at radius 2 is 1.77 bits per heavy atom. The Morgan fingerprint density at radius 3 is 2.58 bits per heavy atom. The maximum atomic E-state index is 12.3. The summed E-state index contributed by atoms with van der Waals surface area (Å²) in [6, 6.07) is 19.3. The van der Waals surface area contributed by atoms with Crippen LogP contribution in [0.4, 0.5) is 0 Å². The first-order chi connectivity index (χ1) is 12.6. The van der Waals surface area contributed by atoms with Gasteiger partial charge in [-0.05, 0) is 45.8 Å². The van der Waals surface area contributed by atoms with Gasteiger partial charge in [0, 0.05) is 5.56 Å². The van der Waals surface area contributed by atoms with Gasteiger partial charge in [-0.15, -0.1) is 0 Å². The summed E-state index contributed by atoms with van der Waals surface area (Å²) in [5.41, 5.74) is 0.926. The minimum absolute atomic E-state index is 0.0591. The van der Waals surface area contributed by atoms with Gasteiger partial charge in [0.25, 0.3) is 5.91 Å². The van der Waals surface area contributed by atoms with Crippen molar-refractivity contribution in [3.63, 3.8) is 0 Å². The van der Waals surface area contributed by atoms with Crippen molar-refractivity contribution in [1.29, 1.82) is 0 Å². The minimum atomic E-state index is -0.191. The lowest BCUT2D eigenvalue weighted by Gasteiger charge is -2.17. The Kier molecular flexibility index (Phi) is 5.78. The number of fused-ring (bicyclic) bond motifs is 1. The molecule has 0 spiro atoms. The molecule has 3 aromatic carbocycles. The van der Waals surface area contributed by atoms with E-state index in [0.717, 1.165) is 26.6 Å². The van der Waals surface area contributed by atoms with Crippen molar-refractivity contribution in [2.24, 2.45) is 0 Å². The molecule has 0 saturated carbocycles. The van der Waals surface area contributed by atoms with E-state index in [9.17, 15) is 4.79 Å². The summed E-state index contributed by atoms with van der Waals surface area (Å²) in [6.45, 7) is 1.86. The second-order valence-electron chi connectivity index (χ2n) is 5.92. The van der Waals surface area contributed by atoms with Crippen molar-refractivity contribution in [3.8, 4) is 11.5 Å². The number of hydrogen-bond acceptors (Lipinski definition) is 3. The number of halogens is 1. The summed E-state index contributed by atoms with van der Waals surface area (Å²) < 4.78 is 11.9. The fraction of sp³-hybridized carbons (Fsp3) is 0.190. The first-order valence-electron chi connectivity index (χ1n) is 8.32. The second kappa shape index (κ2) is 8.23. The largest absolute Gasteiger partial charge is 0.496 e. The van der Waals surface area contributed by atoms with E-state index < -0.39 is 0 Å². The zero-order valence-electron chi connectivity index (χ0n) is 14.7. The SMILES string of the molecule is COc1ccccc1C(C)NC(=O)COc1ccc2ccccc2c1Br. The molecule has 0 radical (unpaired) electrons. The molecule has 5 heteroatoms. The van der Waals surface area contributed by atoms with E-state index in [-0.39, 0.29) is 18.6 Å². The lowest BCUT2D eigenvalue weighted by atomic mass is 10.1. The van der Waals surface area contributed by atoms with Crippen LogP contribution < -0.4 is 14.8 Å². The lowest BCUT2D eigenvalue weighted by molar-refractivity contribution is -0.123. The van der Waals surface area contributed by atoms with E-state index in [1.165, 1.54) is 0 Å². The highest BCUT2D eigenvalue weighted by Crippen LogP contribution is 2.33. The third-order valence-corrected chi connectivity index (χ3v) is 4.99. The molecule has 0 heterocycles. The zero-order chi connectivity index (χ0) is 18.5. The average Bonchev–Trinajstić information content (AvgIpc) is 2.67. The van der Waals surface area contributed by atoms with Crippen LogP contribution in [-0.4, -0.2) is 19.6 Å². The summed E-state index contributed by atoms with van der Waals surface area (Å²) in [5.74, 6) is 1.20. The van der Waals surface area contributed by atoms with E-state index in [2.05, 4.69) is 21.2 Å². The third-order valence-electron chi connectivity index (χ3n) is 4.17. The predicted molar refractivity (Wildman–Crippen MR) is 107 cm³/mol. The number of hydrogen-bond donors (Lipinski definition) is 1. The second-order valence-corrected chi connectivity index (χ2v) is 6.71. The van der Waals surface area contributed by atoms with E-state index in [4.69, 9.17) is 9.47 Å². The molecule has 0 aliphatic carbocycles. The van der Waals surface area contributed by atoms with Crippen LogP contribution in [0.25, 0.3) is 10.8 Å². The topological polar surface area (TPSA) is 47.6 Å². The highest BCUT2D eigenvalue weighted by atomic mass is 79.9. The van der Waals surface area contributed by atoms with Gasteiger partial charge in [-0.25, -0.2) is 0 Å². The first kappa shape index (κ1) is 18.3. The molecule has 0 aliphatic rings. The van der Waals surface area contributed by atoms with Crippen molar-refractivity contribution in [3.05, 3.63) is 70.7 Å². The highest BCUT2D eigenvalue weighted by Gasteiger charge is 2.14. The number of benzene rings is 3. The molecule has 1 atom stereocenters. The van der Waals surface area contributed by atoms with Crippen LogP contribution in [0.2, 0.25) is 0 Å². The molecular formula is C21H20BrNO3. The Morgan fingerprint density at radius 1 is 1.04 bits per heavy atom. The molecule has 1 amide bonds. The fourth-order valence-electron chi connectivity index (χ4n) is 2.85. The number of nitrogens with one attached hydrogen (secondary N) is 1. The summed E-state index contributed by atoms with van der Waals surface area (Å²) >= 11 is 3.57. The summed E-state index contributed by atoms with van der Waals surface area (Å²) in [6.07, 6.45) is 0. The van der Waals surface area contributed by atoms with Crippen LogP contribution >= 0.6 is 15.9 Å². The van der Waals surface area contributed by atoms with Gasteiger partial charge in [0.1, 0.15) is 11.5 Å². The minimum Gasteiger partial charge on any atom is -0.496 e. The average molecular weight is 414 g/mol. The molecule has 4 nitrogen and oxygen atoms in total. The quantitative estimate of drug-likeness (QED) is 0.626. The molecule has 1 N–H and O–H groups in total. The van der Waals surface area contributed by atoms with Gasteiger partial charge in [-0.3, -0.25) is 4.79 Å². The Labute approximate surface area is 161 Å². The summed E-state index contributed by atoms with van der Waals surface area (Å²) in [5, 5.41) is 5.10. The predicted octanol–water partition coefficient (Wildman–Crippen LogP) is 4.87. The van der Waals surface area contributed by atoms with Crippen molar-refractivity contribution < 1.29 is 14.3 Å². The Balaban J connectivity index is 1.65. The molecule has 3 rings (SSSR count). The number of methoxy groups -OCH3 is 1. The standard InChI is InChI=1S/C21H20BrNO3/c1-14(16-8-5-6-10-18(16)25-2)23-20(24)13-26-19-12-11-15-7-3-4-9-17(15)21(19)22/h3-12,14H,13H2,1-2H3,(H,23,24). The molecule has 0 fully saturated rings. The van der Waals surface area contributed by atoms with Crippen LogP contribution in [0, 0.1) is 0 Å². The van der Waals surface area contributed by atoms with Crippen molar-refractivity contribution >= 4 is 32.6 Å². The molecule has 26 heavy (non-hydrogen) atoms. The van der Waals surface area contributed by atoms with Gasteiger partial charge in [0.2, 0.25) is 0 Å². The fourth-order valence-corrected chi connectivity index (χ4v) is 3.46. The molecule has 1 unspecified atom stereocenters. The van der Waals surface area contributed by atoms with E-state index >= 15 is 0 Å². The van der Waals surface area contributed by atoms with E-state index in [1.54, 1.807) is 7.11 Å². The smallest absolute Gasteiger partial charge is 0.258 e. The lowest BCUT2D eigenvalue weighted by Crippen LogP contribution is -2.31. The number of carbonyl (C=O) groups excluding carboxylic acids is 1. The Hall–Kier alpha value is -2.53. The van der Waals surface area contributed by atoms with Gasteiger partial charge in [-0.1, -0.05) is 48.5 Å². The third kappa shape index (κ3) is 3.99. The van der Waals surface area contributed by atoms with Crippen LogP contribution in [-0.2, 0) is 4.79 Å². The monoisotopic (exact) mass is 413 g/mol. The van der Waals surface area contributed by atoms with Crippen LogP contribution in [0.15, 0.2) is 65.1 Å². The maximum Gasteiger partial charge on any atom is 0.258 e. The molecule has 134 valence electrons. The highest BCUT2D eigenvalue weighted by molar-refractivity contribution is 9.10. The number of ether oxygens (including phenoxy) is 2.